The molecule has 0 N–H and O–H groups in total. The summed E-state index contributed by atoms with van der Waals surface area (Å²) in [6.45, 7) is 8.48. The maximum atomic E-state index is 6.25. The van der Waals surface area contributed by atoms with Crippen LogP contribution >= 0.6 is 11.6 Å². The molecular formula is C13H21ClO. The largest absolute Gasteiger partial charge is 0.371 e. The molecule has 0 heterocycles. The Labute approximate surface area is 98.2 Å². The van der Waals surface area contributed by atoms with Gasteiger partial charge in [-0.1, -0.05) is 37.6 Å². The van der Waals surface area contributed by atoms with E-state index in [1.807, 2.05) is 0 Å². The minimum absolute atomic E-state index is 0.133. The van der Waals surface area contributed by atoms with Gasteiger partial charge in [0.25, 0.3) is 0 Å². The lowest BCUT2D eigenvalue weighted by Gasteiger charge is -2.27. The summed E-state index contributed by atoms with van der Waals surface area (Å²) in [7, 11) is 0. The van der Waals surface area contributed by atoms with Crippen molar-refractivity contribution >= 4 is 11.6 Å². The third-order valence-electron chi connectivity index (χ3n) is 2.47. The molecule has 1 rings (SSSR count). The SMILES string of the molecule is CC(C)OC(C1=C(Cl)CCC=C1)C(C)C. The first kappa shape index (κ1) is 12.8. The van der Waals surface area contributed by atoms with Crippen LogP contribution in [0.4, 0.5) is 0 Å². The number of hydrogen-bond donors (Lipinski definition) is 0. The van der Waals surface area contributed by atoms with Gasteiger partial charge in [-0.2, -0.15) is 0 Å². The van der Waals surface area contributed by atoms with Crippen molar-refractivity contribution in [1.82, 2.24) is 0 Å². The minimum atomic E-state index is 0.133. The van der Waals surface area contributed by atoms with Crippen LogP contribution in [0.25, 0.3) is 0 Å². The predicted molar refractivity (Wildman–Crippen MR) is 66.1 cm³/mol. The van der Waals surface area contributed by atoms with Crippen LogP contribution in [0, 0.1) is 5.92 Å². The van der Waals surface area contributed by atoms with Crippen LogP contribution in [0.1, 0.15) is 40.5 Å². The second-order valence-corrected chi connectivity index (χ2v) is 5.11. The van der Waals surface area contributed by atoms with E-state index in [-0.39, 0.29) is 12.2 Å². The van der Waals surface area contributed by atoms with Gasteiger partial charge in [0.05, 0.1) is 12.2 Å². The molecule has 0 aromatic carbocycles. The third-order valence-corrected chi connectivity index (χ3v) is 2.88. The highest BCUT2D eigenvalue weighted by molar-refractivity contribution is 6.30. The molecule has 86 valence electrons. The van der Waals surface area contributed by atoms with Crippen molar-refractivity contribution in [1.29, 1.82) is 0 Å². The molecule has 2 heteroatoms. The van der Waals surface area contributed by atoms with Crippen molar-refractivity contribution in [2.45, 2.75) is 52.7 Å². The minimum Gasteiger partial charge on any atom is -0.371 e. The highest BCUT2D eigenvalue weighted by Gasteiger charge is 2.22. The molecule has 0 fully saturated rings. The summed E-state index contributed by atoms with van der Waals surface area (Å²) in [5.74, 6) is 0.457. The molecule has 0 aromatic heterocycles. The lowest BCUT2D eigenvalue weighted by atomic mass is 9.94. The van der Waals surface area contributed by atoms with Crippen LogP contribution in [0.15, 0.2) is 22.8 Å². The van der Waals surface area contributed by atoms with Crippen LogP contribution in [0.2, 0.25) is 0 Å². The molecule has 0 spiro atoms. The van der Waals surface area contributed by atoms with Crippen molar-refractivity contribution in [2.75, 3.05) is 0 Å². The summed E-state index contributed by atoms with van der Waals surface area (Å²) >= 11 is 6.25. The zero-order valence-corrected chi connectivity index (χ0v) is 10.8. The second kappa shape index (κ2) is 5.72. The Morgan fingerprint density at radius 3 is 2.40 bits per heavy atom. The van der Waals surface area contributed by atoms with E-state index in [2.05, 4.69) is 39.8 Å². The van der Waals surface area contributed by atoms with Crippen molar-refractivity contribution in [2.24, 2.45) is 5.92 Å². The summed E-state index contributed by atoms with van der Waals surface area (Å²) < 4.78 is 5.93. The maximum Gasteiger partial charge on any atom is 0.0862 e. The molecule has 1 aliphatic rings. The molecule has 1 aliphatic carbocycles. The van der Waals surface area contributed by atoms with Crippen LogP contribution in [-0.4, -0.2) is 12.2 Å². The van der Waals surface area contributed by atoms with Gasteiger partial charge in [0.1, 0.15) is 0 Å². The van der Waals surface area contributed by atoms with Gasteiger partial charge in [0.2, 0.25) is 0 Å². The van der Waals surface area contributed by atoms with Crippen LogP contribution in [0.3, 0.4) is 0 Å². The lowest BCUT2D eigenvalue weighted by molar-refractivity contribution is 0.00553. The Kier molecular flexibility index (Phi) is 4.88. The first-order valence-electron chi connectivity index (χ1n) is 5.73. The van der Waals surface area contributed by atoms with Gasteiger partial charge in [0, 0.05) is 5.03 Å². The molecule has 0 saturated carbocycles. The Hall–Kier alpha value is -0.270. The highest BCUT2D eigenvalue weighted by Crippen LogP contribution is 2.29. The van der Waals surface area contributed by atoms with E-state index in [4.69, 9.17) is 16.3 Å². The van der Waals surface area contributed by atoms with Crippen molar-refractivity contribution in [3.8, 4) is 0 Å². The lowest BCUT2D eigenvalue weighted by Crippen LogP contribution is -2.26. The smallest absolute Gasteiger partial charge is 0.0862 e. The van der Waals surface area contributed by atoms with Gasteiger partial charge in [-0.3, -0.25) is 0 Å². The van der Waals surface area contributed by atoms with Gasteiger partial charge in [-0.05, 0) is 38.2 Å². The second-order valence-electron chi connectivity index (χ2n) is 4.65. The normalized spacial score (nSPS) is 19.1. The van der Waals surface area contributed by atoms with Crippen molar-refractivity contribution in [3.05, 3.63) is 22.8 Å². The Bertz CT molecular complexity index is 264. The predicted octanol–water partition coefficient (Wildman–Crippen LogP) is 4.28. The zero-order chi connectivity index (χ0) is 11.4. The van der Waals surface area contributed by atoms with E-state index in [1.165, 1.54) is 5.57 Å². The van der Waals surface area contributed by atoms with E-state index in [9.17, 15) is 0 Å². The number of allylic oxidation sites excluding steroid dienone is 2. The molecule has 15 heavy (non-hydrogen) atoms. The molecule has 0 radical (unpaired) electrons. The fourth-order valence-electron chi connectivity index (χ4n) is 1.79. The molecule has 1 atom stereocenters. The maximum absolute atomic E-state index is 6.25. The van der Waals surface area contributed by atoms with E-state index in [0.717, 1.165) is 17.9 Å². The van der Waals surface area contributed by atoms with Gasteiger partial charge < -0.3 is 4.74 Å². The quantitative estimate of drug-likeness (QED) is 0.698. The Morgan fingerprint density at radius 2 is 1.93 bits per heavy atom. The molecule has 0 bridgehead atoms. The fraction of sp³-hybridized carbons (Fsp3) is 0.692. The van der Waals surface area contributed by atoms with Gasteiger partial charge in [0.15, 0.2) is 0 Å². The van der Waals surface area contributed by atoms with E-state index < -0.39 is 0 Å². The van der Waals surface area contributed by atoms with Gasteiger partial charge in [-0.15, -0.1) is 0 Å². The molecule has 0 aromatic rings. The standard InChI is InChI=1S/C13H21ClO/c1-9(2)13(15-10(3)4)11-7-5-6-8-12(11)14/h5,7,9-10,13H,6,8H2,1-4H3. The molecule has 0 saturated heterocycles. The fourth-order valence-corrected chi connectivity index (χ4v) is 2.07. The van der Waals surface area contributed by atoms with Crippen LogP contribution in [-0.2, 0) is 4.74 Å². The van der Waals surface area contributed by atoms with E-state index in [0.29, 0.717) is 5.92 Å². The topological polar surface area (TPSA) is 9.23 Å². The Balaban J connectivity index is 2.83. The first-order chi connectivity index (χ1) is 7.02. The molecule has 1 nitrogen and oxygen atoms in total. The van der Waals surface area contributed by atoms with E-state index in [1.54, 1.807) is 0 Å². The number of hydrogen-bond acceptors (Lipinski definition) is 1. The number of halogens is 1. The molecule has 1 unspecified atom stereocenters. The van der Waals surface area contributed by atoms with Crippen LogP contribution < -0.4 is 0 Å². The van der Waals surface area contributed by atoms with Crippen molar-refractivity contribution < 1.29 is 4.74 Å². The summed E-state index contributed by atoms with van der Waals surface area (Å²) in [4.78, 5) is 0. The monoisotopic (exact) mass is 228 g/mol. The third kappa shape index (κ3) is 3.66. The summed E-state index contributed by atoms with van der Waals surface area (Å²) in [6.07, 6.45) is 6.69. The average molecular weight is 229 g/mol. The van der Waals surface area contributed by atoms with Crippen molar-refractivity contribution in [3.63, 3.8) is 0 Å². The number of rotatable bonds is 4. The molecular weight excluding hydrogens is 208 g/mol. The highest BCUT2D eigenvalue weighted by atomic mass is 35.5. The zero-order valence-electron chi connectivity index (χ0n) is 10.1. The van der Waals surface area contributed by atoms with Gasteiger partial charge in [-0.25, -0.2) is 0 Å². The molecule has 0 amide bonds. The summed E-state index contributed by atoms with van der Waals surface area (Å²) in [5.41, 5.74) is 1.17. The van der Waals surface area contributed by atoms with Gasteiger partial charge >= 0.3 is 0 Å². The Morgan fingerprint density at radius 1 is 1.27 bits per heavy atom. The average Bonchev–Trinajstić information content (AvgIpc) is 2.15. The number of ether oxygens (including phenoxy) is 1. The first-order valence-corrected chi connectivity index (χ1v) is 6.10. The van der Waals surface area contributed by atoms with E-state index >= 15 is 0 Å². The van der Waals surface area contributed by atoms with Crippen LogP contribution in [0.5, 0.6) is 0 Å². The summed E-state index contributed by atoms with van der Waals surface area (Å²) in [5, 5.41) is 0.969. The summed E-state index contributed by atoms with van der Waals surface area (Å²) in [6, 6.07) is 0. The molecule has 0 aliphatic heterocycles.